The van der Waals surface area contributed by atoms with Gasteiger partial charge in [-0.15, -0.1) is 31.4 Å². The summed E-state index contributed by atoms with van der Waals surface area (Å²) < 4.78 is 34.7. The van der Waals surface area contributed by atoms with Crippen molar-refractivity contribution in [2.45, 2.75) is 111 Å². The van der Waals surface area contributed by atoms with Gasteiger partial charge in [0.25, 0.3) is 0 Å². The molecule has 2 heterocycles. The van der Waals surface area contributed by atoms with Crippen LogP contribution in [0.5, 0.6) is 0 Å². The maximum atomic E-state index is 13.5. The fourth-order valence-corrected chi connectivity index (χ4v) is 12.9. The topological polar surface area (TPSA) is 276 Å². The first-order valence-corrected chi connectivity index (χ1v) is 23.7. The number of benzene rings is 2. The van der Waals surface area contributed by atoms with E-state index in [0.717, 1.165) is 68.9 Å². The quantitative estimate of drug-likeness (QED) is 0.123. The molecule has 2 aromatic carbocycles. The summed E-state index contributed by atoms with van der Waals surface area (Å²) in [6, 6.07) is 2.18. The van der Waals surface area contributed by atoms with Crippen molar-refractivity contribution in [1.29, 1.82) is 0 Å². The van der Waals surface area contributed by atoms with E-state index in [9.17, 15) is 38.4 Å². The lowest BCUT2D eigenvalue weighted by Crippen LogP contribution is -2.20. The van der Waals surface area contributed by atoms with Crippen molar-refractivity contribution in [2.75, 3.05) is 10.6 Å². The second-order valence-electron chi connectivity index (χ2n) is 16.6. The van der Waals surface area contributed by atoms with Crippen molar-refractivity contribution >= 4 is 65.9 Å². The molecule has 4 aliphatic carbocycles. The Morgan fingerprint density at radius 2 is 1.31 bits per heavy atom. The van der Waals surface area contributed by atoms with Crippen LogP contribution in [0.2, 0.25) is 0 Å². The van der Waals surface area contributed by atoms with Crippen LogP contribution in [-0.4, -0.2) is 50.9 Å². The van der Waals surface area contributed by atoms with Crippen LogP contribution in [0, 0.1) is 11.8 Å². The number of nitrogens with zero attached hydrogens (tertiary/aromatic N) is 4. The van der Waals surface area contributed by atoms with E-state index in [4.69, 9.17) is 10.3 Å². The summed E-state index contributed by atoms with van der Waals surface area (Å²) in [6.07, 6.45) is 5.68. The Morgan fingerprint density at radius 1 is 0.759 bits per heavy atom. The van der Waals surface area contributed by atoms with E-state index in [0.29, 0.717) is 61.0 Å². The Balaban J connectivity index is 1.07. The summed E-state index contributed by atoms with van der Waals surface area (Å²) in [6.45, 7) is 6.13. The van der Waals surface area contributed by atoms with Crippen LogP contribution in [0.3, 0.4) is 0 Å². The summed E-state index contributed by atoms with van der Waals surface area (Å²) in [5, 5.41) is 61.9. The van der Waals surface area contributed by atoms with Gasteiger partial charge in [0, 0.05) is 11.4 Å². The van der Waals surface area contributed by atoms with E-state index in [-0.39, 0.29) is 30.3 Å². The molecular weight excluding hydrogens is 825 g/mol. The summed E-state index contributed by atoms with van der Waals surface area (Å²) in [4.78, 5) is 35.1. The second kappa shape index (κ2) is 14.5. The molecule has 0 fully saturated rings. The first-order valence-electron chi connectivity index (χ1n) is 18.9. The molecule has 0 aliphatic heterocycles. The summed E-state index contributed by atoms with van der Waals surface area (Å²) >= 11 is 1.83. The maximum Gasteiger partial charge on any atom is 0.354 e. The molecule has 6 atom stereocenters. The zero-order valence-electron chi connectivity index (χ0n) is 32.3. The van der Waals surface area contributed by atoms with Crippen LogP contribution >= 0.6 is 22.7 Å². The van der Waals surface area contributed by atoms with Crippen molar-refractivity contribution in [3.8, 4) is 0 Å². The Hall–Kier alpha value is -3.70. The fourth-order valence-electron chi connectivity index (χ4n) is 8.74. The lowest BCUT2D eigenvalue weighted by Gasteiger charge is -2.22. The molecule has 2 aromatic heterocycles. The highest BCUT2D eigenvalue weighted by Crippen LogP contribution is 2.52. The van der Waals surface area contributed by atoms with Gasteiger partial charge in [0.15, 0.2) is 19.8 Å². The Morgan fingerprint density at radius 3 is 1.86 bits per heavy atom. The number of carbonyl (C=O) groups is 2. The average Bonchev–Trinajstić information content (AvgIpc) is 3.96. The van der Waals surface area contributed by atoms with Gasteiger partial charge >= 0.3 is 12.1 Å². The molecule has 8 rings (SSSR count). The number of anilines is 2. The Bertz CT molecular complexity index is 2640. The van der Waals surface area contributed by atoms with Crippen molar-refractivity contribution in [1.82, 2.24) is 9.97 Å². The Kier molecular flexibility index (Phi) is 10.3. The number of carbonyl (C=O) groups excluding carboxylic acids is 2. The molecule has 10 N–H and O–H groups in total. The normalized spacial score (nSPS) is 23.0. The van der Waals surface area contributed by atoms with E-state index in [2.05, 4.69) is 29.3 Å². The highest BCUT2D eigenvalue weighted by Gasteiger charge is 2.43. The lowest BCUT2D eigenvalue weighted by molar-refractivity contribution is 0.0777. The van der Waals surface area contributed by atoms with Gasteiger partial charge in [-0.1, -0.05) is 12.1 Å². The van der Waals surface area contributed by atoms with E-state index < -0.39 is 55.3 Å². The van der Waals surface area contributed by atoms with Crippen LogP contribution in [0.4, 0.5) is 21.0 Å². The van der Waals surface area contributed by atoms with Crippen LogP contribution in [-0.2, 0) is 69.6 Å². The van der Waals surface area contributed by atoms with Gasteiger partial charge in [-0.05, 0) is 135 Å². The van der Waals surface area contributed by atoms with Gasteiger partial charge in [-0.25, -0.2) is 38.3 Å². The van der Waals surface area contributed by atoms with E-state index in [1.54, 1.807) is 0 Å². The van der Waals surface area contributed by atoms with Crippen molar-refractivity contribution in [3.05, 3.63) is 79.0 Å². The number of fused-ring (bicyclic) bond motifs is 4. The third kappa shape index (κ3) is 7.52. The zero-order chi connectivity index (χ0) is 41.7. The smallest absolute Gasteiger partial charge is 0.354 e. The maximum absolute atomic E-state index is 13.5. The van der Waals surface area contributed by atoms with Gasteiger partial charge in [-0.2, -0.15) is 0 Å². The number of urea groups is 2. The Labute approximate surface area is 344 Å². The molecule has 310 valence electrons. The van der Waals surface area contributed by atoms with Crippen LogP contribution in [0.25, 0.3) is 0 Å². The number of hydrogen-bond acceptors (Lipinski definition) is 12. The van der Waals surface area contributed by atoms with Crippen LogP contribution in [0.1, 0.15) is 107 Å². The van der Waals surface area contributed by atoms with Gasteiger partial charge in [0.05, 0.1) is 24.6 Å². The number of aromatic nitrogens is 2. The lowest BCUT2D eigenvalue weighted by atomic mass is 9.85. The van der Waals surface area contributed by atoms with Gasteiger partial charge < -0.3 is 31.1 Å². The molecule has 0 bridgehead atoms. The van der Waals surface area contributed by atoms with Gasteiger partial charge in [0.1, 0.15) is 29.6 Å². The molecule has 6 unspecified atom stereocenters. The number of amides is 4. The highest BCUT2D eigenvalue weighted by molar-refractivity contribution is 7.94. The minimum Gasteiger partial charge on any atom is -0.388 e. The molecule has 20 heteroatoms. The highest BCUT2D eigenvalue weighted by atomic mass is 32.2. The van der Waals surface area contributed by atoms with Crippen LogP contribution in [0.15, 0.2) is 41.7 Å². The summed E-state index contributed by atoms with van der Waals surface area (Å²) in [7, 11) is -7.40. The molecule has 4 amide bonds. The number of nitrogens with one attached hydrogen (secondary N) is 2. The third-order valence-corrected chi connectivity index (χ3v) is 17.8. The van der Waals surface area contributed by atoms with E-state index in [1.807, 2.05) is 12.1 Å². The first-order chi connectivity index (χ1) is 27.1. The van der Waals surface area contributed by atoms with Crippen LogP contribution < -0.4 is 20.9 Å². The van der Waals surface area contributed by atoms with Gasteiger partial charge in [-0.3, -0.25) is 0 Å². The minimum atomic E-state index is -3.71. The largest absolute Gasteiger partial charge is 0.388 e. The number of aryl methyl sites for hydroxylation is 1. The predicted octanol–water partition coefficient (Wildman–Crippen LogP) is 5.01. The molecule has 4 aromatic rings. The number of aliphatic hydroxyl groups is 4. The second-order valence-corrected chi connectivity index (χ2v) is 22.7. The molecule has 0 spiro atoms. The first kappa shape index (κ1) is 41.1. The standard InChI is InChI=1S/C38H46N8O8S4/c1-37(2,51)33-41-15-28(55-33)57(39,53)45-35(49)43-30-20-7-5-6-17(20)11-26-25(30)14-23(32(26)48)19-10-18-13-24-21(8-9-27(24)47)31(22(18)12-19)44-36(50)46-58(40,54)29-16-42-34(56-29)38(3,4)52/h11,13,15-16,19,23,27,32,47-48,51-52H,5-10,12,14H2,1-4H3,(H3,39,43,45,49,53)(H3,40,44,46,50,54). The minimum absolute atomic E-state index is 0.0426. The molecule has 58 heavy (non-hydrogen) atoms. The molecule has 0 saturated heterocycles. The van der Waals surface area contributed by atoms with Crippen molar-refractivity contribution < 1.29 is 38.4 Å². The molecule has 0 saturated carbocycles. The van der Waals surface area contributed by atoms with Crippen molar-refractivity contribution in [3.63, 3.8) is 0 Å². The summed E-state index contributed by atoms with van der Waals surface area (Å²) in [5.74, 6) is -0.371. The number of hydrogen-bond donors (Lipinski definition) is 8. The average molecular weight is 871 g/mol. The number of aliphatic hydroxyl groups excluding tert-OH is 2. The van der Waals surface area contributed by atoms with Crippen molar-refractivity contribution in [2.24, 2.45) is 30.8 Å². The zero-order valence-corrected chi connectivity index (χ0v) is 35.5. The van der Waals surface area contributed by atoms with E-state index >= 15 is 0 Å². The summed E-state index contributed by atoms with van der Waals surface area (Å²) in [5.41, 5.74) is 5.13. The SMILES string of the molecule is CC(C)(O)c1ncc(S(N)(=O)=NC(=O)Nc2c3c(cc4c2CCC4O)CC(C2Cc4c(cc5c(c4NC(=O)N=S(N)(=O)c4cnc(C(C)(C)O)s4)CCC5)C2O)C3)s1. The van der Waals surface area contributed by atoms with E-state index in [1.165, 1.54) is 40.1 Å². The molecule has 16 nitrogen and oxygen atoms in total. The van der Waals surface area contributed by atoms with Gasteiger partial charge in [0.2, 0.25) is 0 Å². The monoisotopic (exact) mass is 870 g/mol. The number of nitrogens with two attached hydrogens (primary N) is 2. The molecule has 4 aliphatic rings. The number of rotatable bonds is 7. The predicted molar refractivity (Wildman–Crippen MR) is 220 cm³/mol. The molecule has 0 radical (unpaired) electrons. The third-order valence-electron chi connectivity index (χ3n) is 11.4. The molecular formula is C38H46N8O8S4. The fraction of sp³-hybridized carbons (Fsp3) is 0.474. The number of thiazole rings is 2.